The predicted molar refractivity (Wildman–Crippen MR) is 86.9 cm³/mol. The summed E-state index contributed by atoms with van der Waals surface area (Å²) in [5, 5.41) is 3.68. The number of hydrogen-bond acceptors (Lipinski definition) is 3. The summed E-state index contributed by atoms with van der Waals surface area (Å²) in [6.45, 7) is 7.51. The van der Waals surface area contributed by atoms with E-state index in [2.05, 4.69) is 34.5 Å². The Balaban J connectivity index is 1.36. The third-order valence-electron chi connectivity index (χ3n) is 4.82. The predicted octanol–water partition coefficient (Wildman–Crippen LogP) is 2.42. The van der Waals surface area contributed by atoms with Crippen molar-refractivity contribution in [1.29, 1.82) is 0 Å². The topological polar surface area (TPSA) is 24.5 Å². The van der Waals surface area contributed by atoms with Crippen molar-refractivity contribution in [3.8, 4) is 0 Å². The molecule has 0 amide bonds. The Kier molecular flexibility index (Phi) is 5.67. The summed E-state index contributed by atoms with van der Waals surface area (Å²) in [6, 6.07) is 9.00. The van der Waals surface area contributed by atoms with Crippen LogP contribution in [0.2, 0.25) is 0 Å². The summed E-state index contributed by atoms with van der Waals surface area (Å²) in [5.74, 6) is 0.721. The largest absolute Gasteiger partial charge is 0.379 e. The highest BCUT2D eigenvalue weighted by atomic mass is 16.5. The van der Waals surface area contributed by atoms with Gasteiger partial charge in [0.1, 0.15) is 0 Å². The second-order valence-electron chi connectivity index (χ2n) is 6.30. The van der Waals surface area contributed by atoms with Crippen LogP contribution in [0.5, 0.6) is 0 Å². The first kappa shape index (κ1) is 15.0. The van der Waals surface area contributed by atoms with Gasteiger partial charge in [0, 0.05) is 19.6 Å². The van der Waals surface area contributed by atoms with Gasteiger partial charge in [0.05, 0.1) is 13.2 Å². The number of nitrogens with one attached hydrogen (secondary N) is 1. The molecular formula is C18H28N2O. The van der Waals surface area contributed by atoms with Crippen molar-refractivity contribution in [2.45, 2.75) is 31.6 Å². The molecule has 1 aliphatic carbocycles. The van der Waals surface area contributed by atoms with Crippen molar-refractivity contribution in [3.63, 3.8) is 0 Å². The zero-order valence-corrected chi connectivity index (χ0v) is 13.0. The molecule has 0 bridgehead atoms. The van der Waals surface area contributed by atoms with E-state index in [0.29, 0.717) is 0 Å². The lowest BCUT2D eigenvalue weighted by Gasteiger charge is -2.27. The van der Waals surface area contributed by atoms with Crippen LogP contribution in [-0.4, -0.2) is 50.8 Å². The molecule has 1 aromatic carbocycles. The van der Waals surface area contributed by atoms with Crippen molar-refractivity contribution >= 4 is 0 Å². The van der Waals surface area contributed by atoms with Gasteiger partial charge in [-0.15, -0.1) is 0 Å². The molecule has 21 heavy (non-hydrogen) atoms. The smallest absolute Gasteiger partial charge is 0.0594 e. The maximum absolute atomic E-state index is 5.38. The van der Waals surface area contributed by atoms with Gasteiger partial charge in [-0.3, -0.25) is 4.90 Å². The van der Waals surface area contributed by atoms with Gasteiger partial charge in [-0.1, -0.05) is 24.3 Å². The molecule has 0 saturated carbocycles. The Morgan fingerprint density at radius 1 is 1.19 bits per heavy atom. The van der Waals surface area contributed by atoms with Crippen LogP contribution in [0.15, 0.2) is 24.3 Å². The number of fused-ring (bicyclic) bond motifs is 1. The van der Waals surface area contributed by atoms with Crippen molar-refractivity contribution in [2.75, 3.05) is 45.9 Å². The summed E-state index contributed by atoms with van der Waals surface area (Å²) in [4.78, 5) is 2.51. The lowest BCUT2D eigenvalue weighted by molar-refractivity contribution is 0.0374. The van der Waals surface area contributed by atoms with Gasteiger partial charge in [-0.05, 0) is 55.8 Å². The number of morpholine rings is 1. The SMILES string of the molecule is c1ccc2c(c1)CCCC2CNCCCN1CCOCC1. The molecule has 2 aliphatic rings. The van der Waals surface area contributed by atoms with E-state index in [1.165, 1.54) is 32.2 Å². The molecule has 1 unspecified atom stereocenters. The van der Waals surface area contributed by atoms with E-state index in [4.69, 9.17) is 4.74 Å². The number of benzene rings is 1. The molecule has 3 nitrogen and oxygen atoms in total. The minimum atomic E-state index is 0.721. The molecule has 0 spiro atoms. The van der Waals surface area contributed by atoms with Crippen LogP contribution in [0.3, 0.4) is 0 Å². The number of nitrogens with zero attached hydrogens (tertiary/aromatic N) is 1. The molecule has 1 N–H and O–H groups in total. The zero-order chi connectivity index (χ0) is 14.3. The van der Waals surface area contributed by atoms with Crippen LogP contribution >= 0.6 is 0 Å². The normalized spacial score (nSPS) is 23.0. The summed E-state index contributed by atoms with van der Waals surface area (Å²) in [5.41, 5.74) is 3.16. The maximum atomic E-state index is 5.38. The van der Waals surface area contributed by atoms with E-state index >= 15 is 0 Å². The first-order valence-electron chi connectivity index (χ1n) is 8.52. The molecule has 1 fully saturated rings. The van der Waals surface area contributed by atoms with Crippen LogP contribution < -0.4 is 5.32 Å². The van der Waals surface area contributed by atoms with Crippen molar-refractivity contribution in [2.24, 2.45) is 0 Å². The van der Waals surface area contributed by atoms with E-state index in [9.17, 15) is 0 Å². The van der Waals surface area contributed by atoms with E-state index in [0.717, 1.165) is 45.3 Å². The third kappa shape index (κ3) is 4.29. The highest BCUT2D eigenvalue weighted by Gasteiger charge is 2.19. The fraction of sp³-hybridized carbons (Fsp3) is 0.667. The molecule has 1 aromatic rings. The summed E-state index contributed by atoms with van der Waals surface area (Å²) < 4.78 is 5.38. The molecular weight excluding hydrogens is 260 g/mol. The number of rotatable bonds is 6. The molecule has 0 radical (unpaired) electrons. The lowest BCUT2D eigenvalue weighted by atomic mass is 9.83. The van der Waals surface area contributed by atoms with Gasteiger partial charge in [-0.2, -0.15) is 0 Å². The number of hydrogen-bond donors (Lipinski definition) is 1. The van der Waals surface area contributed by atoms with Crippen LogP contribution in [-0.2, 0) is 11.2 Å². The Labute approximate surface area is 128 Å². The van der Waals surface area contributed by atoms with E-state index < -0.39 is 0 Å². The number of ether oxygens (including phenoxy) is 1. The van der Waals surface area contributed by atoms with Gasteiger partial charge >= 0.3 is 0 Å². The molecule has 116 valence electrons. The van der Waals surface area contributed by atoms with Gasteiger partial charge in [0.25, 0.3) is 0 Å². The first-order valence-corrected chi connectivity index (χ1v) is 8.52. The molecule has 0 aromatic heterocycles. The number of aryl methyl sites for hydroxylation is 1. The molecule has 3 heteroatoms. The van der Waals surface area contributed by atoms with E-state index in [1.807, 2.05) is 0 Å². The summed E-state index contributed by atoms with van der Waals surface area (Å²) in [7, 11) is 0. The molecule has 3 rings (SSSR count). The second-order valence-corrected chi connectivity index (χ2v) is 6.30. The zero-order valence-electron chi connectivity index (χ0n) is 13.0. The Morgan fingerprint density at radius 2 is 2.05 bits per heavy atom. The van der Waals surface area contributed by atoms with Crippen LogP contribution in [0.25, 0.3) is 0 Å². The van der Waals surface area contributed by atoms with Gasteiger partial charge < -0.3 is 10.1 Å². The third-order valence-corrected chi connectivity index (χ3v) is 4.82. The first-order chi connectivity index (χ1) is 10.4. The monoisotopic (exact) mass is 288 g/mol. The Morgan fingerprint density at radius 3 is 2.95 bits per heavy atom. The van der Waals surface area contributed by atoms with Crippen molar-refractivity contribution < 1.29 is 4.74 Å². The molecule has 1 atom stereocenters. The van der Waals surface area contributed by atoms with Crippen LogP contribution in [0.4, 0.5) is 0 Å². The maximum Gasteiger partial charge on any atom is 0.0594 e. The highest BCUT2D eigenvalue weighted by molar-refractivity contribution is 5.32. The summed E-state index contributed by atoms with van der Waals surface area (Å²) in [6.07, 6.45) is 5.20. The quantitative estimate of drug-likeness (QED) is 0.814. The standard InChI is InChI=1S/C18H28N2O/c1-2-8-18-16(5-1)6-3-7-17(18)15-19-9-4-10-20-11-13-21-14-12-20/h1-2,5,8,17,19H,3-4,6-7,9-15H2. The fourth-order valence-corrected chi connectivity index (χ4v) is 3.60. The molecule has 1 saturated heterocycles. The lowest BCUT2D eigenvalue weighted by Crippen LogP contribution is -2.38. The second kappa shape index (κ2) is 7.92. The van der Waals surface area contributed by atoms with Gasteiger partial charge in [0.15, 0.2) is 0 Å². The Hall–Kier alpha value is -0.900. The fourth-order valence-electron chi connectivity index (χ4n) is 3.60. The molecule has 1 aliphatic heterocycles. The molecule has 1 heterocycles. The van der Waals surface area contributed by atoms with Gasteiger partial charge in [0.2, 0.25) is 0 Å². The minimum Gasteiger partial charge on any atom is -0.379 e. The van der Waals surface area contributed by atoms with Gasteiger partial charge in [-0.25, -0.2) is 0 Å². The van der Waals surface area contributed by atoms with Crippen LogP contribution in [0, 0.1) is 0 Å². The van der Waals surface area contributed by atoms with Crippen molar-refractivity contribution in [1.82, 2.24) is 10.2 Å². The van der Waals surface area contributed by atoms with Crippen molar-refractivity contribution in [3.05, 3.63) is 35.4 Å². The van der Waals surface area contributed by atoms with Crippen LogP contribution in [0.1, 0.15) is 36.3 Å². The average Bonchev–Trinajstić information content (AvgIpc) is 2.56. The Bertz CT molecular complexity index is 429. The highest BCUT2D eigenvalue weighted by Crippen LogP contribution is 2.30. The van der Waals surface area contributed by atoms with E-state index in [-0.39, 0.29) is 0 Å². The average molecular weight is 288 g/mol. The van der Waals surface area contributed by atoms with E-state index in [1.54, 1.807) is 11.1 Å². The summed E-state index contributed by atoms with van der Waals surface area (Å²) >= 11 is 0. The minimum absolute atomic E-state index is 0.721.